The molecule has 206 valence electrons. The van der Waals surface area contributed by atoms with Crippen molar-refractivity contribution in [3.05, 3.63) is 25.3 Å². The van der Waals surface area contributed by atoms with Crippen molar-refractivity contribution in [2.75, 3.05) is 72.7 Å². The van der Waals surface area contributed by atoms with Crippen LogP contribution in [0.5, 0.6) is 0 Å². The van der Waals surface area contributed by atoms with Gasteiger partial charge in [0, 0.05) is 59.5 Å². The van der Waals surface area contributed by atoms with Crippen LogP contribution in [0.25, 0.3) is 0 Å². The highest BCUT2D eigenvalue weighted by Crippen LogP contribution is 2.63. The molecule has 4 saturated heterocycles. The minimum Gasteiger partial charge on any atom is -0.396 e. The van der Waals surface area contributed by atoms with Crippen molar-refractivity contribution in [3.63, 3.8) is 0 Å². The Morgan fingerprint density at radius 3 is 2.49 bits per heavy atom. The smallest absolute Gasteiger partial charge is 0.248 e. The zero-order chi connectivity index (χ0) is 26.8. The van der Waals surface area contributed by atoms with Gasteiger partial charge in [-0.05, 0) is 26.2 Å². The molecule has 0 aromatic heterocycles. The maximum atomic E-state index is 14.3. The Labute approximate surface area is 219 Å². The summed E-state index contributed by atoms with van der Waals surface area (Å²) in [5, 5.41) is 9.54. The van der Waals surface area contributed by atoms with E-state index >= 15 is 0 Å². The number of morpholine rings is 1. The van der Waals surface area contributed by atoms with Gasteiger partial charge in [-0.2, -0.15) is 0 Å². The average molecular weight is 519 g/mol. The standard InChI is InChI=1S/C27H42N4O6/c1-5-10-28(4)23(33)20-21-24(34)31(12-7-17-32)22(27(21)9-8-26(20,3)37-27)25(35)30(11-6-2)14-13-29-15-18-36-19-16-29/h5-6,20-22,32H,1-2,7-19H2,3-4H3/t20-,21+,22?,26+,27?/m1/s1. The van der Waals surface area contributed by atoms with Crippen molar-refractivity contribution in [2.45, 2.75) is 43.4 Å². The number of rotatable bonds is 12. The Morgan fingerprint density at radius 1 is 1.14 bits per heavy atom. The summed E-state index contributed by atoms with van der Waals surface area (Å²) in [5.41, 5.74) is -1.88. The molecule has 0 saturated carbocycles. The maximum absolute atomic E-state index is 14.3. The summed E-state index contributed by atoms with van der Waals surface area (Å²) >= 11 is 0. The summed E-state index contributed by atoms with van der Waals surface area (Å²) < 4.78 is 12.1. The average Bonchev–Trinajstić information content (AvgIpc) is 3.45. The van der Waals surface area contributed by atoms with Crippen molar-refractivity contribution >= 4 is 17.7 Å². The first-order valence-corrected chi connectivity index (χ1v) is 13.4. The van der Waals surface area contributed by atoms with Crippen LogP contribution in [0.15, 0.2) is 25.3 Å². The summed E-state index contributed by atoms with van der Waals surface area (Å²) in [4.78, 5) is 49.0. The quantitative estimate of drug-likeness (QED) is 0.366. The number of ether oxygens (including phenoxy) is 2. The van der Waals surface area contributed by atoms with Gasteiger partial charge in [0.1, 0.15) is 11.6 Å². The van der Waals surface area contributed by atoms with Gasteiger partial charge < -0.3 is 29.3 Å². The highest BCUT2D eigenvalue weighted by Gasteiger charge is 2.78. The van der Waals surface area contributed by atoms with E-state index in [-0.39, 0.29) is 30.9 Å². The molecule has 37 heavy (non-hydrogen) atoms. The first-order valence-electron chi connectivity index (χ1n) is 13.4. The monoisotopic (exact) mass is 518 g/mol. The lowest BCUT2D eigenvalue weighted by molar-refractivity contribution is -0.153. The number of aliphatic hydroxyl groups is 1. The third-order valence-corrected chi connectivity index (χ3v) is 8.56. The minimum atomic E-state index is -1.06. The molecule has 0 aromatic rings. The number of fused-ring (bicyclic) bond motifs is 1. The molecule has 0 aromatic carbocycles. The molecule has 10 nitrogen and oxygen atoms in total. The lowest BCUT2D eigenvalue weighted by Crippen LogP contribution is -2.57. The number of hydrogen-bond donors (Lipinski definition) is 1. The molecule has 0 radical (unpaired) electrons. The lowest BCUT2D eigenvalue weighted by atomic mass is 9.66. The van der Waals surface area contributed by atoms with E-state index in [1.54, 1.807) is 33.9 Å². The third-order valence-electron chi connectivity index (χ3n) is 8.56. The Morgan fingerprint density at radius 2 is 1.84 bits per heavy atom. The van der Waals surface area contributed by atoms with E-state index in [0.29, 0.717) is 58.7 Å². The van der Waals surface area contributed by atoms with Crippen LogP contribution in [0.1, 0.15) is 26.2 Å². The van der Waals surface area contributed by atoms with Crippen LogP contribution in [-0.2, 0) is 23.9 Å². The van der Waals surface area contributed by atoms with Crippen LogP contribution in [0, 0.1) is 11.8 Å². The second kappa shape index (κ2) is 11.2. The van der Waals surface area contributed by atoms with Gasteiger partial charge in [-0.15, -0.1) is 13.2 Å². The number of carbonyl (C=O) groups is 3. The van der Waals surface area contributed by atoms with Crippen LogP contribution in [0.3, 0.4) is 0 Å². The molecule has 4 aliphatic heterocycles. The molecular formula is C27H42N4O6. The maximum Gasteiger partial charge on any atom is 0.248 e. The minimum absolute atomic E-state index is 0.0984. The normalized spacial score (nSPS) is 32.9. The topological polar surface area (TPSA) is 103 Å². The summed E-state index contributed by atoms with van der Waals surface area (Å²) in [6, 6.07) is -0.842. The highest BCUT2D eigenvalue weighted by molar-refractivity contribution is 5.99. The van der Waals surface area contributed by atoms with Crippen LogP contribution < -0.4 is 0 Å². The summed E-state index contributed by atoms with van der Waals surface area (Å²) in [6.45, 7) is 14.5. The van der Waals surface area contributed by atoms with Gasteiger partial charge >= 0.3 is 0 Å². The van der Waals surface area contributed by atoms with Gasteiger partial charge in [-0.3, -0.25) is 19.3 Å². The number of aliphatic hydroxyl groups excluding tert-OH is 1. The van der Waals surface area contributed by atoms with Gasteiger partial charge in [0.2, 0.25) is 17.7 Å². The first-order chi connectivity index (χ1) is 17.7. The summed E-state index contributed by atoms with van der Waals surface area (Å²) in [7, 11) is 1.70. The Hall–Kier alpha value is -2.27. The number of likely N-dealkylation sites (tertiary alicyclic amines) is 1. The fraction of sp³-hybridized carbons (Fsp3) is 0.741. The zero-order valence-electron chi connectivity index (χ0n) is 22.3. The van der Waals surface area contributed by atoms with E-state index in [0.717, 1.165) is 13.1 Å². The molecule has 2 unspecified atom stereocenters. The number of amides is 3. The molecule has 4 rings (SSSR count). The van der Waals surface area contributed by atoms with Crippen molar-refractivity contribution in [2.24, 2.45) is 11.8 Å². The van der Waals surface area contributed by atoms with Crippen LogP contribution in [0.4, 0.5) is 0 Å². The predicted molar refractivity (Wildman–Crippen MR) is 138 cm³/mol. The number of hydrogen-bond acceptors (Lipinski definition) is 7. The van der Waals surface area contributed by atoms with E-state index in [1.807, 2.05) is 6.92 Å². The van der Waals surface area contributed by atoms with Crippen molar-refractivity contribution < 1.29 is 29.0 Å². The van der Waals surface area contributed by atoms with Crippen LogP contribution in [-0.4, -0.2) is 132 Å². The van der Waals surface area contributed by atoms with E-state index in [2.05, 4.69) is 18.1 Å². The molecule has 1 N–H and O–H groups in total. The fourth-order valence-corrected chi connectivity index (χ4v) is 6.79. The van der Waals surface area contributed by atoms with Crippen LogP contribution >= 0.6 is 0 Å². The second-order valence-corrected chi connectivity index (χ2v) is 10.9. The van der Waals surface area contributed by atoms with E-state index < -0.39 is 29.1 Å². The van der Waals surface area contributed by atoms with Crippen molar-refractivity contribution in [3.8, 4) is 0 Å². The molecule has 4 heterocycles. The number of likely N-dealkylation sites (N-methyl/N-ethyl adjacent to an activating group) is 1. The molecule has 0 aliphatic carbocycles. The molecule has 5 atom stereocenters. The Bertz CT molecular complexity index is 907. The van der Waals surface area contributed by atoms with Gasteiger partial charge in [0.05, 0.1) is 30.7 Å². The number of nitrogens with zero attached hydrogens (tertiary/aromatic N) is 4. The summed E-state index contributed by atoms with van der Waals surface area (Å²) in [5.74, 6) is -1.98. The molecular weight excluding hydrogens is 476 g/mol. The number of carbonyl (C=O) groups excluding carboxylic acids is 3. The first kappa shape index (κ1) is 27.8. The molecule has 1 spiro atoms. The van der Waals surface area contributed by atoms with Gasteiger partial charge in [0.25, 0.3) is 0 Å². The molecule has 4 aliphatic rings. The third kappa shape index (κ3) is 4.84. The molecule has 4 fully saturated rings. The highest BCUT2D eigenvalue weighted by atomic mass is 16.5. The second-order valence-electron chi connectivity index (χ2n) is 10.9. The largest absolute Gasteiger partial charge is 0.396 e. The van der Waals surface area contributed by atoms with E-state index in [4.69, 9.17) is 9.47 Å². The molecule has 2 bridgehead atoms. The molecule has 10 heteroatoms. The summed E-state index contributed by atoms with van der Waals surface area (Å²) in [6.07, 6.45) is 4.84. The van der Waals surface area contributed by atoms with E-state index in [1.165, 1.54) is 0 Å². The van der Waals surface area contributed by atoms with Gasteiger partial charge in [-0.1, -0.05) is 12.2 Å². The van der Waals surface area contributed by atoms with Gasteiger partial charge in [-0.25, -0.2) is 0 Å². The Balaban J connectivity index is 1.65. The van der Waals surface area contributed by atoms with Crippen LogP contribution in [0.2, 0.25) is 0 Å². The molecule has 3 amide bonds. The predicted octanol–water partition coefficient (Wildman–Crippen LogP) is 0.125. The zero-order valence-corrected chi connectivity index (χ0v) is 22.3. The fourth-order valence-electron chi connectivity index (χ4n) is 6.79. The lowest BCUT2D eigenvalue weighted by Gasteiger charge is -2.37. The Kier molecular flexibility index (Phi) is 8.42. The van der Waals surface area contributed by atoms with Gasteiger partial charge in [0.15, 0.2) is 0 Å². The SMILES string of the molecule is C=CCN(C)C(=O)[C@H]1[C@H]2C(=O)N(CCCO)C(C(=O)N(CC=C)CCN3CCOCC3)C23CC[C@]1(C)O3. The van der Waals surface area contributed by atoms with Crippen molar-refractivity contribution in [1.29, 1.82) is 0 Å². The van der Waals surface area contributed by atoms with E-state index in [9.17, 15) is 19.5 Å². The van der Waals surface area contributed by atoms with Crippen molar-refractivity contribution in [1.82, 2.24) is 19.6 Å².